The third kappa shape index (κ3) is 3.25. The number of nitrogens with one attached hydrogen (secondary N) is 1. The number of aromatic nitrogens is 5. The molecule has 1 aliphatic rings. The van der Waals surface area contributed by atoms with E-state index in [9.17, 15) is 0 Å². The summed E-state index contributed by atoms with van der Waals surface area (Å²) in [5, 5.41) is 4.52. The first kappa shape index (κ1) is 16.9. The van der Waals surface area contributed by atoms with Crippen molar-refractivity contribution >= 4 is 16.9 Å². The van der Waals surface area contributed by atoms with E-state index in [4.69, 9.17) is 5.73 Å². The molecule has 3 N–H and O–H groups in total. The number of hydrogen-bond acceptors (Lipinski definition) is 5. The zero-order chi connectivity index (χ0) is 18.9. The van der Waals surface area contributed by atoms with E-state index in [0.29, 0.717) is 5.82 Å². The second kappa shape index (κ2) is 7.09. The molecule has 7 nitrogen and oxygen atoms in total. The highest BCUT2D eigenvalue weighted by molar-refractivity contribution is 5.83. The molecule has 4 aromatic rings. The number of hydrogen-bond donors (Lipinski definition) is 2. The van der Waals surface area contributed by atoms with E-state index in [-0.39, 0.29) is 0 Å². The van der Waals surface area contributed by atoms with Crippen molar-refractivity contribution in [3.05, 3.63) is 48.9 Å². The Bertz CT molecular complexity index is 1070. The monoisotopic (exact) mass is 373 g/mol. The van der Waals surface area contributed by atoms with E-state index < -0.39 is 0 Å². The molecule has 1 saturated heterocycles. The number of fused-ring (bicyclic) bond motifs is 1. The van der Waals surface area contributed by atoms with Crippen molar-refractivity contribution in [1.82, 2.24) is 29.6 Å². The highest BCUT2D eigenvalue weighted by Crippen LogP contribution is 2.29. The fraction of sp³-hybridized carbons (Fsp3) is 0.286. The van der Waals surface area contributed by atoms with Crippen LogP contribution in [0.4, 0.5) is 5.82 Å². The lowest BCUT2D eigenvalue weighted by atomic mass is 10.1. The maximum atomic E-state index is 6.15. The molecule has 0 saturated carbocycles. The van der Waals surface area contributed by atoms with Crippen LogP contribution in [0.1, 0.15) is 12.8 Å². The Balaban J connectivity index is 1.41. The van der Waals surface area contributed by atoms with E-state index in [0.717, 1.165) is 46.6 Å². The highest BCUT2D eigenvalue weighted by atomic mass is 15.3. The average molecular weight is 373 g/mol. The number of aromatic amines is 1. The third-order valence-electron chi connectivity index (χ3n) is 5.37. The molecule has 0 atom stereocenters. The number of nitrogens with two attached hydrogens (primary N) is 1. The lowest BCUT2D eigenvalue weighted by Gasteiger charge is -2.13. The van der Waals surface area contributed by atoms with E-state index >= 15 is 0 Å². The molecule has 5 rings (SSSR count). The highest BCUT2D eigenvalue weighted by Gasteiger charge is 2.13. The van der Waals surface area contributed by atoms with Crippen molar-refractivity contribution in [2.45, 2.75) is 19.4 Å². The van der Waals surface area contributed by atoms with Gasteiger partial charge in [-0.1, -0.05) is 12.1 Å². The van der Waals surface area contributed by atoms with Crippen LogP contribution in [0, 0.1) is 0 Å². The van der Waals surface area contributed by atoms with Crippen molar-refractivity contribution in [3.63, 3.8) is 0 Å². The SMILES string of the molecule is Nc1ncc(-c2cnn(CCN3CCCC3)c2)cc1-c1nc2ccccc2[nH]1. The van der Waals surface area contributed by atoms with E-state index in [1.165, 1.54) is 25.9 Å². The molecular weight excluding hydrogens is 350 g/mol. The second-order valence-corrected chi connectivity index (χ2v) is 7.30. The summed E-state index contributed by atoms with van der Waals surface area (Å²) in [5.74, 6) is 1.19. The summed E-state index contributed by atoms with van der Waals surface area (Å²) >= 11 is 0. The number of nitrogens with zero attached hydrogens (tertiary/aromatic N) is 5. The first-order chi connectivity index (χ1) is 13.8. The van der Waals surface area contributed by atoms with Gasteiger partial charge in [0.15, 0.2) is 0 Å². The predicted molar refractivity (Wildman–Crippen MR) is 111 cm³/mol. The van der Waals surface area contributed by atoms with Gasteiger partial charge < -0.3 is 15.6 Å². The molecule has 0 amide bonds. The quantitative estimate of drug-likeness (QED) is 0.561. The Labute approximate surface area is 163 Å². The molecule has 3 aromatic heterocycles. The Morgan fingerprint density at radius 1 is 1.04 bits per heavy atom. The number of anilines is 1. The van der Waals surface area contributed by atoms with Crippen LogP contribution in [0.2, 0.25) is 0 Å². The van der Waals surface area contributed by atoms with Gasteiger partial charge in [0.2, 0.25) is 0 Å². The number of benzene rings is 1. The third-order valence-corrected chi connectivity index (χ3v) is 5.37. The molecule has 28 heavy (non-hydrogen) atoms. The molecule has 1 aliphatic heterocycles. The van der Waals surface area contributed by atoms with Gasteiger partial charge in [-0.3, -0.25) is 4.68 Å². The normalized spacial score (nSPS) is 14.9. The van der Waals surface area contributed by atoms with Crippen molar-refractivity contribution < 1.29 is 0 Å². The Hall–Kier alpha value is -3.19. The minimum atomic E-state index is 0.462. The van der Waals surface area contributed by atoms with Crippen LogP contribution in [0.25, 0.3) is 33.5 Å². The van der Waals surface area contributed by atoms with E-state index in [1.807, 2.05) is 41.2 Å². The van der Waals surface area contributed by atoms with E-state index in [2.05, 4.69) is 31.1 Å². The average Bonchev–Trinajstić information content (AvgIpc) is 3.46. The maximum absolute atomic E-state index is 6.15. The predicted octanol–water partition coefficient (Wildman–Crippen LogP) is 3.17. The molecule has 0 spiro atoms. The minimum Gasteiger partial charge on any atom is -0.383 e. The summed E-state index contributed by atoms with van der Waals surface area (Å²) in [6.45, 7) is 4.36. The van der Waals surface area contributed by atoms with Gasteiger partial charge in [-0.05, 0) is 44.1 Å². The van der Waals surface area contributed by atoms with Crippen molar-refractivity contribution in [2.75, 3.05) is 25.4 Å². The molecule has 1 fully saturated rings. The van der Waals surface area contributed by atoms with Gasteiger partial charge in [-0.15, -0.1) is 0 Å². The van der Waals surface area contributed by atoms with Gasteiger partial charge in [-0.25, -0.2) is 9.97 Å². The van der Waals surface area contributed by atoms with Gasteiger partial charge >= 0.3 is 0 Å². The number of imidazole rings is 1. The fourth-order valence-electron chi connectivity index (χ4n) is 3.79. The number of nitrogen functional groups attached to an aromatic ring is 1. The van der Waals surface area contributed by atoms with Gasteiger partial charge in [0, 0.05) is 30.1 Å². The zero-order valence-corrected chi connectivity index (χ0v) is 15.7. The van der Waals surface area contributed by atoms with Gasteiger partial charge in [0.25, 0.3) is 0 Å². The lowest BCUT2D eigenvalue weighted by Crippen LogP contribution is -2.24. The first-order valence-corrected chi connectivity index (χ1v) is 9.72. The summed E-state index contributed by atoms with van der Waals surface area (Å²) in [4.78, 5) is 14.9. The smallest absolute Gasteiger partial charge is 0.142 e. The van der Waals surface area contributed by atoms with Crippen LogP contribution >= 0.6 is 0 Å². The second-order valence-electron chi connectivity index (χ2n) is 7.30. The largest absolute Gasteiger partial charge is 0.383 e. The molecular formula is C21H23N7. The topological polar surface area (TPSA) is 88.7 Å². The van der Waals surface area contributed by atoms with Crippen molar-refractivity contribution in [2.24, 2.45) is 0 Å². The first-order valence-electron chi connectivity index (χ1n) is 9.72. The number of H-pyrrole nitrogens is 1. The zero-order valence-electron chi connectivity index (χ0n) is 15.7. The number of pyridine rings is 1. The Morgan fingerprint density at radius 2 is 1.89 bits per heavy atom. The summed E-state index contributed by atoms with van der Waals surface area (Å²) in [5.41, 5.74) is 10.9. The molecule has 0 radical (unpaired) electrons. The van der Waals surface area contributed by atoms with Crippen LogP contribution in [0.3, 0.4) is 0 Å². The molecule has 0 aliphatic carbocycles. The van der Waals surface area contributed by atoms with Crippen LogP contribution in [-0.2, 0) is 6.54 Å². The fourth-order valence-corrected chi connectivity index (χ4v) is 3.79. The number of para-hydroxylation sites is 2. The summed E-state index contributed by atoms with van der Waals surface area (Å²) < 4.78 is 2.00. The van der Waals surface area contributed by atoms with Gasteiger partial charge in [0.05, 0.1) is 29.3 Å². The Morgan fingerprint density at radius 3 is 2.75 bits per heavy atom. The molecule has 0 bridgehead atoms. The standard InChI is InChI=1S/C21H23N7/c22-20-17(21-25-18-5-1-2-6-19(18)26-21)11-15(12-23-20)16-13-24-28(14-16)10-9-27-7-3-4-8-27/h1-2,5-6,11-14H,3-4,7-10H2,(H2,22,23)(H,25,26). The molecule has 0 unspecified atom stereocenters. The Kier molecular flexibility index (Phi) is 4.29. The summed E-state index contributed by atoms with van der Waals surface area (Å²) in [6.07, 6.45) is 8.38. The van der Waals surface area contributed by atoms with Gasteiger partial charge in [0.1, 0.15) is 11.6 Å². The van der Waals surface area contributed by atoms with Crippen molar-refractivity contribution in [3.8, 4) is 22.5 Å². The summed E-state index contributed by atoms with van der Waals surface area (Å²) in [7, 11) is 0. The molecule has 7 heteroatoms. The number of rotatable bonds is 5. The molecule has 142 valence electrons. The van der Waals surface area contributed by atoms with Crippen LogP contribution < -0.4 is 5.73 Å². The van der Waals surface area contributed by atoms with Gasteiger partial charge in [-0.2, -0.15) is 5.10 Å². The molecule has 4 heterocycles. The van der Waals surface area contributed by atoms with Crippen molar-refractivity contribution in [1.29, 1.82) is 0 Å². The van der Waals surface area contributed by atoms with Crippen LogP contribution in [0.5, 0.6) is 0 Å². The van der Waals surface area contributed by atoms with E-state index in [1.54, 1.807) is 6.20 Å². The molecule has 1 aromatic carbocycles. The maximum Gasteiger partial charge on any atom is 0.142 e. The van der Waals surface area contributed by atoms with Crippen LogP contribution in [0.15, 0.2) is 48.9 Å². The summed E-state index contributed by atoms with van der Waals surface area (Å²) in [6, 6.07) is 9.97. The number of likely N-dealkylation sites (tertiary alicyclic amines) is 1. The van der Waals surface area contributed by atoms with Crippen LogP contribution in [-0.4, -0.2) is 49.3 Å². The minimum absolute atomic E-state index is 0.462. The lowest BCUT2D eigenvalue weighted by molar-refractivity contribution is 0.316.